The van der Waals surface area contributed by atoms with Crippen LogP contribution >= 0.6 is 0 Å². The molecule has 0 aromatic carbocycles. The summed E-state index contributed by atoms with van der Waals surface area (Å²) in [5.41, 5.74) is 0.722. The van der Waals surface area contributed by atoms with E-state index in [-0.39, 0.29) is 0 Å². The third-order valence-corrected chi connectivity index (χ3v) is 8.08. The molecule has 4 saturated carbocycles. The highest BCUT2D eigenvalue weighted by atomic mass is 14.7. The van der Waals surface area contributed by atoms with Crippen LogP contribution in [0.3, 0.4) is 0 Å². The van der Waals surface area contributed by atoms with Gasteiger partial charge in [0, 0.05) is 0 Å². The van der Waals surface area contributed by atoms with Gasteiger partial charge in [-0.05, 0) is 78.9 Å². The maximum absolute atomic E-state index is 2.68. The molecule has 0 nitrogen and oxygen atoms in total. The first-order valence-electron chi connectivity index (χ1n) is 8.69. The van der Waals surface area contributed by atoms with Crippen LogP contribution in [-0.4, -0.2) is 0 Å². The Morgan fingerprint density at radius 3 is 2.28 bits per heavy atom. The number of fused-ring (bicyclic) bond motifs is 9. The Morgan fingerprint density at radius 2 is 1.61 bits per heavy atom. The molecule has 4 fully saturated rings. The highest BCUT2D eigenvalue weighted by Crippen LogP contribution is 2.73. The van der Waals surface area contributed by atoms with Gasteiger partial charge in [-0.2, -0.15) is 0 Å². The molecule has 0 aromatic rings. The minimum absolute atomic E-state index is 0.722. The zero-order chi connectivity index (χ0) is 12.5. The second-order valence-electron chi connectivity index (χ2n) is 8.31. The fraction of sp³-hybridized carbons (Fsp3) is 1.00. The van der Waals surface area contributed by atoms with Crippen molar-refractivity contribution in [2.45, 2.75) is 65.7 Å². The maximum atomic E-state index is 2.68. The summed E-state index contributed by atoms with van der Waals surface area (Å²) in [6.07, 6.45) is 10.9. The first-order valence-corrected chi connectivity index (χ1v) is 8.69. The van der Waals surface area contributed by atoms with Gasteiger partial charge >= 0.3 is 0 Å². The zero-order valence-electron chi connectivity index (χ0n) is 12.5. The van der Waals surface area contributed by atoms with Crippen LogP contribution in [0.2, 0.25) is 0 Å². The van der Waals surface area contributed by atoms with Crippen LogP contribution in [0.1, 0.15) is 65.7 Å². The normalized spacial score (nSPS) is 56.7. The Morgan fingerprint density at radius 1 is 0.944 bits per heavy atom. The van der Waals surface area contributed by atoms with Gasteiger partial charge in [0.25, 0.3) is 0 Å². The molecule has 0 aliphatic heterocycles. The van der Waals surface area contributed by atoms with Gasteiger partial charge in [-0.25, -0.2) is 0 Å². The summed E-state index contributed by atoms with van der Waals surface area (Å²) in [6, 6.07) is 0. The molecule has 0 N–H and O–H groups in total. The Bertz CT molecular complexity index is 342. The van der Waals surface area contributed by atoms with E-state index in [1.54, 1.807) is 32.1 Å². The molecule has 0 heterocycles. The van der Waals surface area contributed by atoms with Crippen molar-refractivity contribution in [1.29, 1.82) is 0 Å². The average molecular weight is 246 g/mol. The van der Waals surface area contributed by atoms with E-state index in [9.17, 15) is 0 Å². The van der Waals surface area contributed by atoms with E-state index in [0.29, 0.717) is 0 Å². The summed E-state index contributed by atoms with van der Waals surface area (Å²) in [5.74, 6) is 7.95. The molecule has 4 rings (SSSR count). The second kappa shape index (κ2) is 3.76. The minimum Gasteiger partial charge on any atom is -0.0651 e. The summed E-state index contributed by atoms with van der Waals surface area (Å²) in [7, 11) is 0. The van der Waals surface area contributed by atoms with E-state index in [2.05, 4.69) is 20.8 Å². The predicted octanol–water partition coefficient (Wildman–Crippen LogP) is 5.13. The first-order chi connectivity index (χ1) is 8.69. The van der Waals surface area contributed by atoms with Gasteiger partial charge in [0.15, 0.2) is 0 Å². The highest BCUT2D eigenvalue weighted by molar-refractivity contribution is 5.14. The molecule has 4 aliphatic carbocycles. The van der Waals surface area contributed by atoms with E-state index < -0.39 is 0 Å². The van der Waals surface area contributed by atoms with Crippen LogP contribution in [0.5, 0.6) is 0 Å². The van der Waals surface area contributed by atoms with Crippen molar-refractivity contribution >= 4 is 0 Å². The summed E-state index contributed by atoms with van der Waals surface area (Å²) in [4.78, 5) is 0. The summed E-state index contributed by atoms with van der Waals surface area (Å²) in [6.45, 7) is 7.55. The Hall–Kier alpha value is 0. The molecule has 0 amide bonds. The molecule has 0 saturated heterocycles. The van der Waals surface area contributed by atoms with Gasteiger partial charge in [0.1, 0.15) is 0 Å². The zero-order valence-corrected chi connectivity index (χ0v) is 12.5. The summed E-state index contributed by atoms with van der Waals surface area (Å²) in [5, 5.41) is 0. The Balaban J connectivity index is 1.65. The standard InChI is InChI=1S/C18H30/c1-4-14(5-2)18(3)10-13-9-15(18)17-12-7-6-11(8-12)16(13)17/h11-17H,4-10H2,1-3H3. The van der Waals surface area contributed by atoms with Crippen molar-refractivity contribution in [3.05, 3.63) is 0 Å². The second-order valence-corrected chi connectivity index (χ2v) is 8.31. The van der Waals surface area contributed by atoms with E-state index in [0.717, 1.165) is 29.1 Å². The molecule has 18 heavy (non-hydrogen) atoms. The van der Waals surface area contributed by atoms with E-state index in [4.69, 9.17) is 0 Å². The van der Waals surface area contributed by atoms with Gasteiger partial charge in [0.05, 0.1) is 0 Å². The molecular formula is C18H30. The van der Waals surface area contributed by atoms with Crippen LogP contribution in [0.25, 0.3) is 0 Å². The van der Waals surface area contributed by atoms with Crippen molar-refractivity contribution in [2.24, 2.45) is 46.8 Å². The van der Waals surface area contributed by atoms with E-state index >= 15 is 0 Å². The number of rotatable bonds is 3. The lowest BCUT2D eigenvalue weighted by atomic mass is 9.56. The van der Waals surface area contributed by atoms with Gasteiger partial charge in [-0.1, -0.05) is 33.6 Å². The minimum atomic E-state index is 0.722. The number of hydrogen-bond acceptors (Lipinski definition) is 0. The van der Waals surface area contributed by atoms with Gasteiger partial charge in [0.2, 0.25) is 0 Å². The summed E-state index contributed by atoms with van der Waals surface area (Å²) < 4.78 is 0. The smallest absolute Gasteiger partial charge is 0.0264 e. The Labute approximate surface area is 113 Å². The lowest BCUT2D eigenvalue weighted by molar-refractivity contribution is 0.000540. The molecule has 7 unspecified atom stereocenters. The monoisotopic (exact) mass is 246 g/mol. The fourth-order valence-corrected chi connectivity index (χ4v) is 7.65. The summed E-state index contributed by atoms with van der Waals surface area (Å²) >= 11 is 0. The lowest BCUT2D eigenvalue weighted by Crippen LogP contribution is -2.42. The van der Waals surface area contributed by atoms with Crippen molar-refractivity contribution in [2.75, 3.05) is 0 Å². The van der Waals surface area contributed by atoms with Crippen LogP contribution in [0.4, 0.5) is 0 Å². The third-order valence-electron chi connectivity index (χ3n) is 8.08. The SMILES string of the molecule is CCC(CC)C1(C)CC2CC1C1C3CCC(C3)C21. The molecule has 0 spiro atoms. The molecular weight excluding hydrogens is 216 g/mol. The average Bonchev–Trinajstić information content (AvgIpc) is 3.06. The van der Waals surface area contributed by atoms with Crippen LogP contribution in [-0.2, 0) is 0 Å². The maximum Gasteiger partial charge on any atom is -0.0264 e. The van der Waals surface area contributed by atoms with Gasteiger partial charge < -0.3 is 0 Å². The van der Waals surface area contributed by atoms with Crippen LogP contribution < -0.4 is 0 Å². The largest absolute Gasteiger partial charge is 0.0651 e. The fourth-order valence-electron chi connectivity index (χ4n) is 7.65. The molecule has 4 bridgehead atoms. The first kappa shape index (κ1) is 11.8. The molecule has 0 radical (unpaired) electrons. The van der Waals surface area contributed by atoms with Crippen LogP contribution in [0.15, 0.2) is 0 Å². The van der Waals surface area contributed by atoms with Crippen molar-refractivity contribution in [1.82, 2.24) is 0 Å². The lowest BCUT2D eigenvalue weighted by Gasteiger charge is -2.48. The molecule has 102 valence electrons. The van der Waals surface area contributed by atoms with Gasteiger partial charge in [-0.3, -0.25) is 0 Å². The van der Waals surface area contributed by atoms with Crippen LogP contribution in [0, 0.1) is 46.8 Å². The van der Waals surface area contributed by atoms with E-state index in [1.807, 2.05) is 0 Å². The molecule has 7 atom stereocenters. The molecule has 0 heteroatoms. The highest BCUT2D eigenvalue weighted by Gasteiger charge is 2.66. The van der Waals surface area contributed by atoms with Gasteiger partial charge in [-0.15, -0.1) is 0 Å². The topological polar surface area (TPSA) is 0 Å². The van der Waals surface area contributed by atoms with Crippen molar-refractivity contribution < 1.29 is 0 Å². The Kier molecular flexibility index (Phi) is 2.47. The van der Waals surface area contributed by atoms with Crippen molar-refractivity contribution in [3.8, 4) is 0 Å². The number of hydrogen-bond donors (Lipinski definition) is 0. The molecule has 4 aliphatic rings. The van der Waals surface area contributed by atoms with Crippen molar-refractivity contribution in [3.63, 3.8) is 0 Å². The quantitative estimate of drug-likeness (QED) is 0.605. The van der Waals surface area contributed by atoms with E-state index in [1.165, 1.54) is 30.6 Å². The molecule has 0 aromatic heterocycles. The third kappa shape index (κ3) is 1.23. The predicted molar refractivity (Wildman–Crippen MR) is 76.2 cm³/mol.